The summed E-state index contributed by atoms with van der Waals surface area (Å²) in [5.41, 5.74) is 0.183. The van der Waals surface area contributed by atoms with Crippen LogP contribution in [-0.4, -0.2) is 31.0 Å². The Hall–Kier alpha value is -0.118. The molecule has 0 N–H and O–H groups in total. The van der Waals surface area contributed by atoms with Gasteiger partial charge < -0.3 is 0 Å². The van der Waals surface area contributed by atoms with Crippen LogP contribution in [0, 0.1) is 0 Å². The molecule has 0 unspecified atom stereocenters. The van der Waals surface area contributed by atoms with Crippen molar-refractivity contribution in [2.24, 2.45) is 4.90 Å². The van der Waals surface area contributed by atoms with Crippen LogP contribution in [0.2, 0.25) is 19.6 Å². The second-order valence-corrected chi connectivity index (χ2v) is 12.0. The molecule has 0 aliphatic heterocycles. The van der Waals surface area contributed by atoms with Gasteiger partial charge in [0, 0.05) is 0 Å². The SMILES string of the molecule is CC(C)(C)N=BN(C(C)(C)C)[Si](C)(C)C. The summed E-state index contributed by atoms with van der Waals surface area (Å²) in [6.45, 7) is 20.2. The van der Waals surface area contributed by atoms with Gasteiger partial charge in [-0.3, -0.25) is 0 Å². The van der Waals surface area contributed by atoms with Crippen LogP contribution in [0.5, 0.6) is 0 Å². The Kier molecular flexibility index (Phi) is 4.37. The fraction of sp³-hybridized carbons (Fsp3) is 1.00. The summed E-state index contributed by atoms with van der Waals surface area (Å²) in [7, 11) is 0.724. The Morgan fingerprint density at radius 3 is 1.53 bits per heavy atom. The zero-order chi connectivity index (χ0) is 12.5. The quantitative estimate of drug-likeness (QED) is 0.658. The van der Waals surface area contributed by atoms with Gasteiger partial charge >= 0.3 is 97.1 Å². The maximum atomic E-state index is 4.63. The summed E-state index contributed by atoms with van der Waals surface area (Å²) < 4.78 is 2.45. The van der Waals surface area contributed by atoms with Crippen LogP contribution in [0.4, 0.5) is 0 Å². The van der Waals surface area contributed by atoms with Crippen LogP contribution >= 0.6 is 0 Å². The normalized spacial score (nSPS) is 14.2. The molecule has 0 spiro atoms. The summed E-state index contributed by atoms with van der Waals surface area (Å²) >= 11 is 0. The van der Waals surface area contributed by atoms with Crippen LogP contribution < -0.4 is 0 Å². The molecule has 0 saturated heterocycles. The van der Waals surface area contributed by atoms with Crippen LogP contribution in [0.25, 0.3) is 0 Å². The third kappa shape index (κ3) is 6.13. The average molecular weight is 226 g/mol. The number of hydrogen-bond acceptors (Lipinski definition) is 1. The molecule has 0 aliphatic rings. The molecule has 0 radical (unpaired) electrons. The third-order valence-corrected chi connectivity index (χ3v) is 4.24. The zero-order valence-corrected chi connectivity index (χ0v) is 13.0. The molecule has 0 saturated carbocycles. The molecule has 0 heterocycles. The molecule has 0 atom stereocenters. The first-order valence-electron chi connectivity index (χ1n) is 5.69. The third-order valence-electron chi connectivity index (χ3n) is 2.01. The van der Waals surface area contributed by atoms with E-state index in [4.69, 9.17) is 0 Å². The molecule has 0 aromatic carbocycles. The van der Waals surface area contributed by atoms with Crippen molar-refractivity contribution < 1.29 is 0 Å². The van der Waals surface area contributed by atoms with Gasteiger partial charge in [0.25, 0.3) is 0 Å². The summed E-state index contributed by atoms with van der Waals surface area (Å²) in [5, 5.41) is 0. The molecule has 0 aromatic heterocycles. The van der Waals surface area contributed by atoms with Gasteiger partial charge in [0.2, 0.25) is 0 Å². The Morgan fingerprint density at radius 1 is 0.933 bits per heavy atom. The van der Waals surface area contributed by atoms with Crippen molar-refractivity contribution in [2.45, 2.75) is 72.3 Å². The van der Waals surface area contributed by atoms with E-state index < -0.39 is 8.24 Å². The van der Waals surface area contributed by atoms with E-state index in [2.05, 4.69) is 77.8 Å². The molecule has 15 heavy (non-hydrogen) atoms. The van der Waals surface area contributed by atoms with Crippen LogP contribution in [0.3, 0.4) is 0 Å². The maximum absolute atomic E-state index is 4.63. The molecule has 0 bridgehead atoms. The van der Waals surface area contributed by atoms with Gasteiger partial charge in [-0.15, -0.1) is 0 Å². The van der Waals surface area contributed by atoms with Gasteiger partial charge in [0.15, 0.2) is 0 Å². The Balaban J connectivity index is 4.94. The Morgan fingerprint density at radius 2 is 1.33 bits per heavy atom. The van der Waals surface area contributed by atoms with Gasteiger partial charge in [0.05, 0.1) is 0 Å². The first-order valence-corrected chi connectivity index (χ1v) is 9.13. The molecule has 0 amide bonds. The number of hydrogen-bond donors (Lipinski definition) is 0. The standard InChI is InChI=1S/C11H27BN2Si/c1-10(2,3)13-12-14(11(4,5)6)15(7,8)9/h1-9H3. The van der Waals surface area contributed by atoms with E-state index in [9.17, 15) is 0 Å². The summed E-state index contributed by atoms with van der Waals surface area (Å²) in [4.78, 5) is 4.63. The average Bonchev–Trinajstić information content (AvgIpc) is 1.75. The number of nitrogens with zero attached hydrogens (tertiary/aromatic N) is 2. The van der Waals surface area contributed by atoms with Crippen molar-refractivity contribution in [2.75, 3.05) is 0 Å². The van der Waals surface area contributed by atoms with Crippen molar-refractivity contribution in [3.63, 3.8) is 0 Å². The van der Waals surface area contributed by atoms with E-state index in [0.717, 1.165) is 0 Å². The molecule has 0 aromatic rings. The minimum absolute atomic E-state index is 0.0170. The van der Waals surface area contributed by atoms with E-state index in [1.165, 1.54) is 0 Å². The van der Waals surface area contributed by atoms with Crippen LogP contribution in [0.1, 0.15) is 41.5 Å². The minimum atomic E-state index is -1.34. The van der Waals surface area contributed by atoms with Crippen molar-refractivity contribution >= 4 is 15.4 Å². The molecular weight excluding hydrogens is 199 g/mol. The summed E-state index contributed by atoms with van der Waals surface area (Å²) in [6, 6.07) is 0. The van der Waals surface area contributed by atoms with E-state index in [-0.39, 0.29) is 11.1 Å². The zero-order valence-electron chi connectivity index (χ0n) is 12.0. The van der Waals surface area contributed by atoms with Crippen molar-refractivity contribution in [1.82, 2.24) is 4.48 Å². The number of rotatable bonds is 2. The van der Waals surface area contributed by atoms with E-state index in [0.29, 0.717) is 0 Å². The predicted molar refractivity (Wildman–Crippen MR) is 72.9 cm³/mol. The predicted octanol–water partition coefficient (Wildman–Crippen LogP) is 3.52. The topological polar surface area (TPSA) is 15.6 Å². The second-order valence-electron chi connectivity index (χ2n) is 7.13. The van der Waals surface area contributed by atoms with Crippen LogP contribution in [0.15, 0.2) is 4.90 Å². The fourth-order valence-corrected chi connectivity index (χ4v) is 4.00. The van der Waals surface area contributed by atoms with Gasteiger partial charge in [-0.25, -0.2) is 0 Å². The van der Waals surface area contributed by atoms with Crippen molar-refractivity contribution in [3.05, 3.63) is 0 Å². The first kappa shape index (κ1) is 14.9. The molecule has 0 fully saturated rings. The van der Waals surface area contributed by atoms with E-state index in [1.54, 1.807) is 0 Å². The van der Waals surface area contributed by atoms with E-state index >= 15 is 0 Å². The molecular formula is C11H27BN2Si. The molecule has 88 valence electrons. The Labute approximate surface area is 97.5 Å². The van der Waals surface area contributed by atoms with Gasteiger partial charge in [-0.1, -0.05) is 0 Å². The van der Waals surface area contributed by atoms with E-state index in [1.807, 2.05) is 0 Å². The Bertz CT molecular complexity index is 216. The fourth-order valence-electron chi connectivity index (χ4n) is 1.58. The summed E-state index contributed by atoms with van der Waals surface area (Å²) in [6.07, 6.45) is 0. The van der Waals surface area contributed by atoms with Crippen molar-refractivity contribution in [1.29, 1.82) is 0 Å². The first-order chi connectivity index (χ1) is 6.34. The van der Waals surface area contributed by atoms with Gasteiger partial charge in [-0.05, 0) is 0 Å². The molecule has 0 aliphatic carbocycles. The molecule has 0 rings (SSSR count). The van der Waals surface area contributed by atoms with Gasteiger partial charge in [-0.2, -0.15) is 0 Å². The second kappa shape index (κ2) is 4.40. The van der Waals surface area contributed by atoms with Gasteiger partial charge in [0.1, 0.15) is 0 Å². The monoisotopic (exact) mass is 226 g/mol. The van der Waals surface area contributed by atoms with Crippen LogP contribution in [-0.2, 0) is 0 Å². The summed E-state index contributed by atoms with van der Waals surface area (Å²) in [5.74, 6) is 0. The molecule has 4 heteroatoms. The molecule has 2 nitrogen and oxygen atoms in total. The van der Waals surface area contributed by atoms with Crippen molar-refractivity contribution in [3.8, 4) is 0 Å².